The Labute approximate surface area is 241 Å². The summed E-state index contributed by atoms with van der Waals surface area (Å²) in [7, 11) is -2.85. The standard InChI is InChI=1S/C30H28N3O8P/c1-20-26(31-29(41-20)22-7-6-10-25(34)16-22)19-39-27-12-11-21(15-28(27)38-2)18-40-30-23(13-14-42(35,36)37)17-33(32-30)24-8-4-3-5-9-24/h3-17,34H,18-19H2,1-2H3,(H2,35,36,37). The van der Waals surface area contributed by atoms with E-state index in [1.54, 1.807) is 54.2 Å². The summed E-state index contributed by atoms with van der Waals surface area (Å²) in [5.74, 6) is 3.07. The Balaban J connectivity index is 1.29. The van der Waals surface area contributed by atoms with Crippen LogP contribution in [0.2, 0.25) is 0 Å². The van der Waals surface area contributed by atoms with Crippen molar-refractivity contribution in [3.63, 3.8) is 0 Å². The van der Waals surface area contributed by atoms with Gasteiger partial charge in [0.15, 0.2) is 11.5 Å². The maximum absolute atomic E-state index is 11.4. The van der Waals surface area contributed by atoms with Gasteiger partial charge in [0.05, 0.1) is 18.4 Å². The molecule has 0 fully saturated rings. The third-order valence-corrected chi connectivity index (χ3v) is 6.67. The second-order valence-corrected chi connectivity index (χ2v) is 10.7. The molecule has 3 N–H and O–H groups in total. The number of oxazole rings is 1. The number of para-hydroxylation sites is 1. The minimum absolute atomic E-state index is 0.106. The average molecular weight is 590 g/mol. The Bertz CT molecular complexity index is 1760. The van der Waals surface area contributed by atoms with Crippen LogP contribution in [-0.2, 0) is 17.8 Å². The van der Waals surface area contributed by atoms with Crippen LogP contribution in [-0.4, -0.2) is 36.8 Å². The van der Waals surface area contributed by atoms with Crippen LogP contribution in [0.3, 0.4) is 0 Å². The Hall–Kier alpha value is -4.83. The summed E-state index contributed by atoms with van der Waals surface area (Å²) < 4.78 is 36.2. The number of hydrogen-bond donors (Lipinski definition) is 3. The zero-order chi connectivity index (χ0) is 29.7. The number of aromatic hydroxyl groups is 1. The van der Waals surface area contributed by atoms with Crippen molar-refractivity contribution in [2.45, 2.75) is 20.1 Å². The predicted octanol–water partition coefficient (Wildman–Crippen LogP) is 5.86. The first-order valence-corrected chi connectivity index (χ1v) is 14.4. The molecule has 0 bridgehead atoms. The van der Waals surface area contributed by atoms with Crippen LogP contribution in [0.4, 0.5) is 0 Å². The maximum Gasteiger partial charge on any atom is 0.349 e. The fourth-order valence-electron chi connectivity index (χ4n) is 4.03. The van der Waals surface area contributed by atoms with Crippen molar-refractivity contribution in [3.05, 3.63) is 107 Å². The summed E-state index contributed by atoms with van der Waals surface area (Å²) in [6.07, 6.45) is 2.92. The van der Waals surface area contributed by atoms with Gasteiger partial charge in [0.25, 0.3) is 0 Å². The van der Waals surface area contributed by atoms with Crippen LogP contribution in [0.1, 0.15) is 22.6 Å². The fourth-order valence-corrected chi connectivity index (χ4v) is 4.39. The number of phenolic OH excluding ortho intramolecular Hbond substituents is 1. The van der Waals surface area contributed by atoms with Gasteiger partial charge < -0.3 is 33.5 Å². The molecule has 2 heterocycles. The van der Waals surface area contributed by atoms with E-state index >= 15 is 0 Å². The third kappa shape index (κ3) is 7.08. The van der Waals surface area contributed by atoms with Gasteiger partial charge in [-0.1, -0.05) is 30.3 Å². The lowest BCUT2D eigenvalue weighted by Gasteiger charge is -2.12. The fraction of sp³-hybridized carbons (Fsp3) is 0.133. The van der Waals surface area contributed by atoms with Crippen molar-refractivity contribution < 1.29 is 38.1 Å². The number of hydrogen-bond acceptors (Lipinski definition) is 8. The predicted molar refractivity (Wildman–Crippen MR) is 155 cm³/mol. The summed E-state index contributed by atoms with van der Waals surface area (Å²) in [6, 6.07) is 21.3. The largest absolute Gasteiger partial charge is 0.508 e. The zero-order valence-electron chi connectivity index (χ0n) is 22.7. The van der Waals surface area contributed by atoms with E-state index in [9.17, 15) is 19.5 Å². The molecule has 5 aromatic rings. The van der Waals surface area contributed by atoms with Crippen molar-refractivity contribution in [3.8, 4) is 40.3 Å². The molecule has 0 saturated carbocycles. The molecule has 11 nitrogen and oxygen atoms in total. The number of nitrogens with zero attached hydrogens (tertiary/aromatic N) is 3. The lowest BCUT2D eigenvalue weighted by molar-refractivity contribution is 0.275. The molecule has 0 atom stereocenters. The minimum atomic E-state index is -4.38. The summed E-state index contributed by atoms with van der Waals surface area (Å²) in [5, 5.41) is 14.2. The van der Waals surface area contributed by atoms with Crippen molar-refractivity contribution in [2.75, 3.05) is 7.11 Å². The molecular formula is C30H28N3O8P. The molecule has 5 rings (SSSR count). The van der Waals surface area contributed by atoms with Crippen LogP contribution in [0.15, 0.2) is 89.2 Å². The second-order valence-electron chi connectivity index (χ2n) is 9.21. The highest BCUT2D eigenvalue weighted by Crippen LogP contribution is 2.38. The van der Waals surface area contributed by atoms with Gasteiger partial charge in [-0.2, -0.15) is 0 Å². The molecule has 42 heavy (non-hydrogen) atoms. The summed E-state index contributed by atoms with van der Waals surface area (Å²) in [5.41, 5.74) is 3.18. The van der Waals surface area contributed by atoms with E-state index in [1.165, 1.54) is 13.2 Å². The van der Waals surface area contributed by atoms with Crippen LogP contribution < -0.4 is 14.2 Å². The molecule has 2 aromatic heterocycles. The summed E-state index contributed by atoms with van der Waals surface area (Å²) >= 11 is 0. The van der Waals surface area contributed by atoms with E-state index in [2.05, 4.69) is 10.1 Å². The average Bonchev–Trinajstić information content (AvgIpc) is 3.57. The SMILES string of the molecule is COc1cc(COc2nn(-c3ccccc3)cc2C=CP(=O)(O)O)ccc1OCc1nc(-c2cccc(O)c2)oc1C. The van der Waals surface area contributed by atoms with Crippen molar-refractivity contribution in [2.24, 2.45) is 0 Å². The molecule has 0 saturated heterocycles. The molecule has 0 aliphatic carbocycles. The number of aromatic nitrogens is 3. The molecular weight excluding hydrogens is 561 g/mol. The van der Waals surface area contributed by atoms with Crippen LogP contribution >= 0.6 is 7.60 Å². The van der Waals surface area contributed by atoms with E-state index in [4.69, 9.17) is 18.6 Å². The number of methoxy groups -OCH3 is 1. The number of rotatable bonds is 11. The van der Waals surface area contributed by atoms with Crippen LogP contribution in [0.5, 0.6) is 23.1 Å². The smallest absolute Gasteiger partial charge is 0.349 e. The number of phenols is 1. The van der Waals surface area contributed by atoms with Gasteiger partial charge >= 0.3 is 7.60 Å². The van der Waals surface area contributed by atoms with Crippen LogP contribution in [0, 0.1) is 6.92 Å². The Morgan fingerprint density at radius 2 is 1.79 bits per heavy atom. The second kappa shape index (κ2) is 12.4. The van der Waals surface area contributed by atoms with Crippen molar-refractivity contribution in [1.82, 2.24) is 14.8 Å². The van der Waals surface area contributed by atoms with Gasteiger partial charge in [0.2, 0.25) is 11.8 Å². The maximum atomic E-state index is 11.4. The van der Waals surface area contributed by atoms with E-state index in [-0.39, 0.29) is 24.8 Å². The normalized spacial score (nSPS) is 11.6. The first kappa shape index (κ1) is 28.7. The molecule has 12 heteroatoms. The molecule has 0 amide bonds. The van der Waals surface area contributed by atoms with Gasteiger partial charge in [0.1, 0.15) is 30.4 Å². The highest BCUT2D eigenvalue weighted by Gasteiger charge is 2.16. The molecule has 216 valence electrons. The monoisotopic (exact) mass is 589 g/mol. The topological polar surface area (TPSA) is 149 Å². The first-order chi connectivity index (χ1) is 20.2. The van der Waals surface area contributed by atoms with E-state index in [0.717, 1.165) is 17.1 Å². The third-order valence-electron chi connectivity index (χ3n) is 6.13. The molecule has 0 radical (unpaired) electrons. The molecule has 0 spiro atoms. The van der Waals surface area contributed by atoms with E-state index in [0.29, 0.717) is 40.0 Å². The lowest BCUT2D eigenvalue weighted by atomic mass is 10.2. The molecule has 3 aromatic carbocycles. The number of benzene rings is 3. The van der Waals surface area contributed by atoms with Gasteiger partial charge in [0, 0.05) is 17.6 Å². The quantitative estimate of drug-likeness (QED) is 0.160. The number of aryl methyl sites for hydroxylation is 1. The van der Waals surface area contributed by atoms with Gasteiger partial charge in [-0.25, -0.2) is 9.67 Å². The molecule has 0 aliphatic heterocycles. The Kier molecular flexibility index (Phi) is 8.44. The number of ether oxygens (including phenoxy) is 3. The highest BCUT2D eigenvalue weighted by molar-refractivity contribution is 7.55. The highest BCUT2D eigenvalue weighted by atomic mass is 31.2. The molecule has 0 aliphatic rings. The summed E-state index contributed by atoms with van der Waals surface area (Å²) in [4.78, 5) is 23.1. The lowest BCUT2D eigenvalue weighted by Crippen LogP contribution is -2.02. The van der Waals surface area contributed by atoms with E-state index < -0.39 is 7.60 Å². The minimum Gasteiger partial charge on any atom is -0.508 e. The van der Waals surface area contributed by atoms with E-state index in [1.807, 2.05) is 36.4 Å². The summed E-state index contributed by atoms with van der Waals surface area (Å²) in [6.45, 7) is 2.03. The van der Waals surface area contributed by atoms with Gasteiger partial charge in [-0.15, -0.1) is 5.10 Å². The van der Waals surface area contributed by atoms with Crippen LogP contribution in [0.25, 0.3) is 23.2 Å². The van der Waals surface area contributed by atoms with Crippen molar-refractivity contribution >= 4 is 13.7 Å². The zero-order valence-corrected chi connectivity index (χ0v) is 23.6. The van der Waals surface area contributed by atoms with Crippen molar-refractivity contribution in [1.29, 1.82) is 0 Å². The Morgan fingerprint density at radius 3 is 2.52 bits per heavy atom. The molecule has 0 unspecified atom stereocenters. The Morgan fingerprint density at radius 1 is 0.976 bits per heavy atom. The van der Waals surface area contributed by atoms with Gasteiger partial charge in [-0.3, -0.25) is 4.57 Å². The van der Waals surface area contributed by atoms with Gasteiger partial charge in [-0.05, 0) is 61.0 Å². The first-order valence-electron chi connectivity index (χ1n) is 12.8.